The van der Waals surface area contributed by atoms with E-state index in [0.717, 1.165) is 26.6 Å². The maximum atomic E-state index is 12.6. The van der Waals surface area contributed by atoms with Gasteiger partial charge in [0, 0.05) is 29.1 Å². The van der Waals surface area contributed by atoms with Gasteiger partial charge in [0.25, 0.3) is 15.7 Å². The van der Waals surface area contributed by atoms with Gasteiger partial charge in [0.15, 0.2) is 0 Å². The molecule has 0 spiro atoms. The summed E-state index contributed by atoms with van der Waals surface area (Å²) in [5.74, 6) is -0.0773. The maximum Gasteiger partial charge on any atom is 0.269 e. The quantitative estimate of drug-likeness (QED) is 0.525. The maximum absolute atomic E-state index is 12.6. The van der Waals surface area contributed by atoms with Gasteiger partial charge in [-0.3, -0.25) is 15.0 Å². The summed E-state index contributed by atoms with van der Waals surface area (Å²) in [6.07, 6.45) is 3.83. The normalized spacial score (nSPS) is 18.4. The average molecular weight is 439 g/mol. The number of nitro groups is 1. The second-order valence-corrected chi connectivity index (χ2v) is 8.45. The molecule has 0 bridgehead atoms. The molecule has 1 saturated heterocycles. The molecule has 0 N–H and O–H groups in total. The van der Waals surface area contributed by atoms with Crippen LogP contribution in [0, 0.1) is 16.0 Å². The Balaban J connectivity index is 1.68. The number of nitrogens with zero attached hydrogens (tertiary/aromatic N) is 2. The van der Waals surface area contributed by atoms with E-state index in [1.165, 1.54) is 12.1 Å². The van der Waals surface area contributed by atoms with Crippen LogP contribution in [0.5, 0.6) is 0 Å². The molecule has 0 saturated carbocycles. The molecule has 7 nitrogen and oxygen atoms in total. The van der Waals surface area contributed by atoms with Gasteiger partial charge in [-0.1, -0.05) is 44.7 Å². The Morgan fingerprint density at radius 3 is 2.42 bits per heavy atom. The molecule has 1 unspecified atom stereocenters. The first-order chi connectivity index (χ1) is 12.4. The lowest BCUT2D eigenvalue weighted by atomic mass is 10.1. The molecule has 136 valence electrons. The highest BCUT2D eigenvalue weighted by atomic mass is 79.9. The van der Waals surface area contributed by atoms with Crippen LogP contribution in [-0.2, 0) is 14.9 Å². The number of benzene rings is 2. The van der Waals surface area contributed by atoms with Gasteiger partial charge in [0.2, 0.25) is 0 Å². The Hall–Kier alpha value is -2.07. The fraction of sp³-hybridized carbons (Fsp3) is 0.176. The van der Waals surface area contributed by atoms with E-state index < -0.39 is 14.9 Å². The van der Waals surface area contributed by atoms with Crippen molar-refractivity contribution in [3.05, 3.63) is 74.8 Å². The number of sulfonamides is 1. The topological polar surface area (TPSA) is 89.8 Å². The van der Waals surface area contributed by atoms with Crippen LogP contribution in [0.25, 0.3) is 6.08 Å². The molecule has 26 heavy (non-hydrogen) atoms. The fourth-order valence-corrected chi connectivity index (χ4v) is 4.01. The smallest absolute Gasteiger partial charge is 0.269 e. The number of halogens is 1. The van der Waals surface area contributed by atoms with Crippen LogP contribution in [0.15, 0.2) is 64.0 Å². The minimum Gasteiger partial charge on any atom is -0.283 e. The van der Waals surface area contributed by atoms with Crippen LogP contribution in [0.2, 0.25) is 0 Å². The predicted molar refractivity (Wildman–Crippen MR) is 99.6 cm³/mol. The van der Waals surface area contributed by atoms with E-state index in [2.05, 4.69) is 15.9 Å². The number of hydroxylamine groups is 1. The zero-order chi connectivity index (χ0) is 18.7. The van der Waals surface area contributed by atoms with E-state index in [1.807, 2.05) is 36.4 Å². The molecule has 1 heterocycles. The van der Waals surface area contributed by atoms with Crippen molar-refractivity contribution >= 4 is 37.7 Å². The van der Waals surface area contributed by atoms with Crippen molar-refractivity contribution in [1.29, 1.82) is 0 Å². The van der Waals surface area contributed by atoms with E-state index >= 15 is 0 Å². The predicted octanol–water partition coefficient (Wildman–Crippen LogP) is 3.62. The van der Waals surface area contributed by atoms with Crippen molar-refractivity contribution in [3.8, 4) is 0 Å². The van der Waals surface area contributed by atoms with E-state index in [9.17, 15) is 18.5 Å². The largest absolute Gasteiger partial charge is 0.283 e. The first kappa shape index (κ1) is 18.7. The standard InChI is InChI=1S/C17H15BrN2O5S/c18-15-5-3-13(4-6-15)1-2-14-11-19(25-12-14)26(23,24)17-9-7-16(8-10-17)20(21)22/h1-10,14H,11-12H2/b2-1+. The Bertz CT molecular complexity index is 927. The van der Waals surface area contributed by atoms with E-state index in [-0.39, 0.29) is 29.7 Å². The Labute approximate surface area is 159 Å². The van der Waals surface area contributed by atoms with Crippen LogP contribution in [-0.4, -0.2) is 31.0 Å². The van der Waals surface area contributed by atoms with Crippen LogP contribution >= 0.6 is 15.9 Å². The minimum absolute atomic E-state index is 0.0411. The zero-order valence-electron chi connectivity index (χ0n) is 13.5. The Kier molecular flexibility index (Phi) is 5.52. The molecule has 0 radical (unpaired) electrons. The molecule has 2 aromatic carbocycles. The molecular formula is C17H15BrN2O5S. The van der Waals surface area contributed by atoms with Crippen LogP contribution in [0.3, 0.4) is 0 Å². The van der Waals surface area contributed by atoms with E-state index in [0.29, 0.717) is 0 Å². The molecule has 9 heteroatoms. The van der Waals surface area contributed by atoms with Crippen LogP contribution < -0.4 is 0 Å². The highest BCUT2D eigenvalue weighted by Gasteiger charge is 2.33. The van der Waals surface area contributed by atoms with Crippen molar-refractivity contribution in [2.75, 3.05) is 13.2 Å². The fourth-order valence-electron chi connectivity index (χ4n) is 2.44. The summed E-state index contributed by atoms with van der Waals surface area (Å²) in [5, 5.41) is 10.7. The van der Waals surface area contributed by atoms with Crippen LogP contribution in [0.1, 0.15) is 5.56 Å². The molecule has 1 fully saturated rings. The summed E-state index contributed by atoms with van der Waals surface area (Å²) < 4.78 is 27.1. The molecule has 1 aliphatic rings. The highest BCUT2D eigenvalue weighted by Crippen LogP contribution is 2.25. The minimum atomic E-state index is -3.85. The third-order valence-corrected chi connectivity index (χ3v) is 6.05. The third-order valence-electron chi connectivity index (χ3n) is 3.86. The number of non-ortho nitro benzene ring substituents is 1. The van der Waals surface area contributed by atoms with E-state index in [1.54, 1.807) is 0 Å². The number of hydrogen-bond acceptors (Lipinski definition) is 5. The summed E-state index contributed by atoms with van der Waals surface area (Å²) >= 11 is 3.37. The Morgan fingerprint density at radius 2 is 1.81 bits per heavy atom. The number of rotatable bonds is 5. The summed E-state index contributed by atoms with van der Waals surface area (Å²) in [6.45, 7) is 0.436. The SMILES string of the molecule is O=[N+]([O-])c1ccc(S(=O)(=O)N2CC(/C=C/c3ccc(Br)cc3)CO2)cc1. The molecule has 0 aliphatic carbocycles. The molecular weight excluding hydrogens is 424 g/mol. The highest BCUT2D eigenvalue weighted by molar-refractivity contribution is 9.10. The van der Waals surface area contributed by atoms with Crippen molar-refractivity contribution in [2.24, 2.45) is 5.92 Å². The third kappa shape index (κ3) is 4.18. The zero-order valence-corrected chi connectivity index (χ0v) is 15.9. The van der Waals surface area contributed by atoms with E-state index in [4.69, 9.17) is 4.84 Å². The molecule has 0 aromatic heterocycles. The van der Waals surface area contributed by atoms with Gasteiger partial charge in [0.05, 0.1) is 16.4 Å². The second kappa shape index (κ2) is 7.67. The summed E-state index contributed by atoms with van der Waals surface area (Å²) in [6, 6.07) is 12.5. The number of hydrogen-bond donors (Lipinski definition) is 0. The van der Waals surface area contributed by atoms with Crippen molar-refractivity contribution in [2.45, 2.75) is 4.90 Å². The first-order valence-electron chi connectivity index (χ1n) is 7.70. The van der Waals surface area contributed by atoms with Crippen molar-refractivity contribution in [1.82, 2.24) is 4.47 Å². The molecule has 0 amide bonds. The summed E-state index contributed by atoms with van der Waals surface area (Å²) in [5.41, 5.74) is 0.839. The summed E-state index contributed by atoms with van der Waals surface area (Å²) in [4.78, 5) is 15.4. The Morgan fingerprint density at radius 1 is 1.15 bits per heavy atom. The summed E-state index contributed by atoms with van der Waals surface area (Å²) in [7, 11) is -3.85. The molecule has 1 atom stereocenters. The van der Waals surface area contributed by atoms with Gasteiger partial charge < -0.3 is 0 Å². The molecule has 3 rings (SSSR count). The van der Waals surface area contributed by atoms with Gasteiger partial charge in [0.1, 0.15) is 0 Å². The second-order valence-electron chi connectivity index (χ2n) is 5.71. The van der Waals surface area contributed by atoms with Gasteiger partial charge in [-0.15, -0.1) is 0 Å². The van der Waals surface area contributed by atoms with Gasteiger partial charge in [-0.2, -0.15) is 0 Å². The first-order valence-corrected chi connectivity index (χ1v) is 9.93. The lowest BCUT2D eigenvalue weighted by Crippen LogP contribution is -2.27. The molecule has 1 aliphatic heterocycles. The van der Waals surface area contributed by atoms with Gasteiger partial charge in [-0.25, -0.2) is 8.42 Å². The van der Waals surface area contributed by atoms with Gasteiger partial charge >= 0.3 is 0 Å². The lowest BCUT2D eigenvalue weighted by molar-refractivity contribution is -0.384. The van der Waals surface area contributed by atoms with Gasteiger partial charge in [-0.05, 0) is 29.8 Å². The lowest BCUT2D eigenvalue weighted by Gasteiger charge is -2.14. The average Bonchev–Trinajstić information content (AvgIpc) is 3.11. The molecule has 2 aromatic rings. The number of nitro benzene ring substituents is 1. The monoisotopic (exact) mass is 438 g/mol. The van der Waals surface area contributed by atoms with Crippen molar-refractivity contribution < 1.29 is 18.2 Å². The van der Waals surface area contributed by atoms with Crippen LogP contribution in [0.4, 0.5) is 5.69 Å². The van der Waals surface area contributed by atoms with Crippen molar-refractivity contribution in [3.63, 3.8) is 0 Å².